The van der Waals surface area contributed by atoms with E-state index in [2.05, 4.69) is 9.97 Å². The highest BCUT2D eigenvalue weighted by molar-refractivity contribution is 7.90. The number of rotatable bonds is 4. The second kappa shape index (κ2) is 4.43. The third-order valence-electron chi connectivity index (χ3n) is 1.85. The summed E-state index contributed by atoms with van der Waals surface area (Å²) in [6.45, 7) is 0.249. The number of nitrogens with one attached hydrogen (secondary N) is 1. The molecule has 6 nitrogen and oxygen atoms in total. The molecule has 0 saturated carbocycles. The lowest BCUT2D eigenvalue weighted by molar-refractivity contribution is 0.601. The van der Waals surface area contributed by atoms with Crippen LogP contribution >= 0.6 is 0 Å². The van der Waals surface area contributed by atoms with Gasteiger partial charge in [-0.1, -0.05) is 0 Å². The fraction of sp³-hybridized carbons (Fsp3) is 0.500. The summed E-state index contributed by atoms with van der Waals surface area (Å²) in [5, 5.41) is 0. The summed E-state index contributed by atoms with van der Waals surface area (Å²) in [6, 6.07) is 0. The Bertz CT molecular complexity index is 480. The van der Waals surface area contributed by atoms with Crippen molar-refractivity contribution in [3.63, 3.8) is 0 Å². The van der Waals surface area contributed by atoms with Crippen LogP contribution in [0.5, 0.6) is 0 Å². The Morgan fingerprint density at radius 1 is 1.53 bits per heavy atom. The molecule has 0 aliphatic rings. The van der Waals surface area contributed by atoms with E-state index in [4.69, 9.17) is 0 Å². The van der Waals surface area contributed by atoms with Crippen LogP contribution in [0.4, 0.5) is 5.82 Å². The summed E-state index contributed by atoms with van der Waals surface area (Å²) in [5.74, 6) is 0.223. The molecule has 0 aromatic carbocycles. The fourth-order valence-electron chi connectivity index (χ4n) is 1.02. The molecule has 1 heterocycles. The van der Waals surface area contributed by atoms with Gasteiger partial charge in [0.1, 0.15) is 9.84 Å². The van der Waals surface area contributed by atoms with Gasteiger partial charge in [-0.3, -0.25) is 4.79 Å². The van der Waals surface area contributed by atoms with Crippen molar-refractivity contribution in [1.82, 2.24) is 9.97 Å². The molecule has 0 fully saturated rings. The quantitative estimate of drug-likeness (QED) is 0.737. The molecular formula is C8H13N3O3S. The van der Waals surface area contributed by atoms with Gasteiger partial charge in [0.15, 0.2) is 5.82 Å². The Morgan fingerprint density at radius 3 is 2.73 bits per heavy atom. The van der Waals surface area contributed by atoms with Gasteiger partial charge in [0, 0.05) is 32.2 Å². The lowest BCUT2D eigenvalue weighted by atomic mass is 10.5. The molecule has 0 unspecified atom stereocenters. The number of H-pyrrole nitrogens is 1. The summed E-state index contributed by atoms with van der Waals surface area (Å²) >= 11 is 0. The molecule has 0 atom stereocenters. The van der Waals surface area contributed by atoms with Gasteiger partial charge in [0.05, 0.1) is 5.75 Å². The zero-order valence-corrected chi connectivity index (χ0v) is 9.41. The molecule has 1 aromatic rings. The van der Waals surface area contributed by atoms with Crippen molar-refractivity contribution in [2.24, 2.45) is 0 Å². The average Bonchev–Trinajstić information content (AvgIpc) is 2.14. The van der Waals surface area contributed by atoms with E-state index in [1.807, 2.05) is 0 Å². The Hall–Kier alpha value is -1.37. The molecule has 1 rings (SSSR count). The maximum absolute atomic E-state index is 11.3. The minimum Gasteiger partial charge on any atom is -0.354 e. The third-order valence-corrected chi connectivity index (χ3v) is 2.77. The lowest BCUT2D eigenvalue weighted by Gasteiger charge is -2.15. The molecule has 0 radical (unpaired) electrons. The molecule has 15 heavy (non-hydrogen) atoms. The van der Waals surface area contributed by atoms with E-state index in [0.29, 0.717) is 0 Å². The smallest absolute Gasteiger partial charge is 0.290 e. The van der Waals surface area contributed by atoms with Crippen molar-refractivity contribution in [1.29, 1.82) is 0 Å². The van der Waals surface area contributed by atoms with Crippen molar-refractivity contribution in [2.75, 3.05) is 30.5 Å². The Balaban J connectivity index is 2.74. The molecule has 1 aromatic heterocycles. The minimum atomic E-state index is -3.02. The summed E-state index contributed by atoms with van der Waals surface area (Å²) < 4.78 is 21.8. The van der Waals surface area contributed by atoms with Crippen LogP contribution in [-0.2, 0) is 9.84 Å². The second-order valence-electron chi connectivity index (χ2n) is 3.29. The van der Waals surface area contributed by atoms with Crippen LogP contribution in [-0.4, -0.2) is 44.0 Å². The first-order valence-electron chi connectivity index (χ1n) is 4.33. The highest BCUT2D eigenvalue weighted by atomic mass is 32.2. The Morgan fingerprint density at radius 2 is 2.20 bits per heavy atom. The number of aromatic nitrogens is 2. The predicted octanol–water partition coefficient (Wildman–Crippen LogP) is -0.749. The van der Waals surface area contributed by atoms with Crippen LogP contribution in [0.15, 0.2) is 17.2 Å². The zero-order chi connectivity index (χ0) is 11.5. The SMILES string of the molecule is CN(CCS(C)(=O)=O)c1ncc[nH]c1=O. The van der Waals surface area contributed by atoms with Crippen LogP contribution in [0.1, 0.15) is 0 Å². The van der Waals surface area contributed by atoms with E-state index in [1.165, 1.54) is 17.3 Å². The van der Waals surface area contributed by atoms with Gasteiger partial charge in [-0.05, 0) is 0 Å². The largest absolute Gasteiger partial charge is 0.354 e. The van der Waals surface area contributed by atoms with Crippen molar-refractivity contribution in [3.05, 3.63) is 22.7 Å². The Labute approximate surface area is 87.9 Å². The number of nitrogens with zero attached hydrogens (tertiary/aromatic N) is 2. The van der Waals surface area contributed by atoms with Crippen LogP contribution in [0.3, 0.4) is 0 Å². The average molecular weight is 231 g/mol. The molecule has 0 aliphatic carbocycles. The lowest BCUT2D eigenvalue weighted by Crippen LogP contribution is -2.30. The highest BCUT2D eigenvalue weighted by Gasteiger charge is 2.09. The van der Waals surface area contributed by atoms with Crippen molar-refractivity contribution in [2.45, 2.75) is 0 Å². The van der Waals surface area contributed by atoms with Gasteiger partial charge in [-0.25, -0.2) is 13.4 Å². The highest BCUT2D eigenvalue weighted by Crippen LogP contribution is 1.98. The van der Waals surface area contributed by atoms with Crippen LogP contribution in [0.25, 0.3) is 0 Å². The number of anilines is 1. The number of sulfone groups is 1. The molecule has 0 bridgehead atoms. The summed E-state index contributed by atoms with van der Waals surface area (Å²) in [7, 11) is -1.39. The van der Waals surface area contributed by atoms with E-state index in [-0.39, 0.29) is 23.7 Å². The summed E-state index contributed by atoms with van der Waals surface area (Å²) in [4.78, 5) is 19.1. The van der Waals surface area contributed by atoms with Gasteiger partial charge in [0.2, 0.25) is 0 Å². The normalized spacial score (nSPS) is 11.3. The monoisotopic (exact) mass is 231 g/mol. The first-order chi connectivity index (χ1) is 6.90. The molecule has 0 amide bonds. The first-order valence-corrected chi connectivity index (χ1v) is 6.39. The second-order valence-corrected chi connectivity index (χ2v) is 5.55. The molecule has 7 heteroatoms. The van der Waals surface area contributed by atoms with Gasteiger partial charge < -0.3 is 9.88 Å². The minimum absolute atomic E-state index is 0.000482. The van der Waals surface area contributed by atoms with E-state index < -0.39 is 9.84 Å². The number of hydrogen-bond donors (Lipinski definition) is 1. The first kappa shape index (κ1) is 11.7. The third kappa shape index (κ3) is 3.70. The molecule has 84 valence electrons. The van der Waals surface area contributed by atoms with E-state index >= 15 is 0 Å². The van der Waals surface area contributed by atoms with Gasteiger partial charge >= 0.3 is 0 Å². The molecule has 0 saturated heterocycles. The van der Waals surface area contributed by atoms with Crippen molar-refractivity contribution >= 4 is 15.7 Å². The van der Waals surface area contributed by atoms with Gasteiger partial charge in [0.25, 0.3) is 5.56 Å². The van der Waals surface area contributed by atoms with E-state index in [9.17, 15) is 13.2 Å². The summed E-state index contributed by atoms with van der Waals surface area (Å²) in [6.07, 6.45) is 4.04. The van der Waals surface area contributed by atoms with E-state index in [1.54, 1.807) is 7.05 Å². The maximum Gasteiger partial charge on any atom is 0.290 e. The van der Waals surface area contributed by atoms with Gasteiger partial charge in [-0.2, -0.15) is 0 Å². The summed E-state index contributed by atoms with van der Waals surface area (Å²) in [5.41, 5.74) is -0.325. The predicted molar refractivity (Wildman–Crippen MR) is 57.8 cm³/mol. The van der Waals surface area contributed by atoms with Crippen molar-refractivity contribution in [3.8, 4) is 0 Å². The number of hydrogen-bond acceptors (Lipinski definition) is 5. The van der Waals surface area contributed by atoms with Gasteiger partial charge in [-0.15, -0.1) is 0 Å². The van der Waals surface area contributed by atoms with E-state index in [0.717, 1.165) is 6.26 Å². The van der Waals surface area contributed by atoms with Crippen molar-refractivity contribution < 1.29 is 8.42 Å². The van der Waals surface area contributed by atoms with Crippen LogP contribution < -0.4 is 10.5 Å². The molecular weight excluding hydrogens is 218 g/mol. The standard InChI is InChI=1S/C8H13N3O3S/c1-11(5-6-15(2,13)14)7-8(12)10-4-3-9-7/h3-4H,5-6H2,1-2H3,(H,10,12). The Kier molecular flexibility index (Phi) is 3.46. The topological polar surface area (TPSA) is 83.1 Å². The molecule has 0 spiro atoms. The maximum atomic E-state index is 11.3. The zero-order valence-electron chi connectivity index (χ0n) is 8.60. The fourth-order valence-corrected chi connectivity index (χ4v) is 1.63. The van der Waals surface area contributed by atoms with Crippen LogP contribution in [0, 0.1) is 0 Å². The molecule has 0 aliphatic heterocycles. The van der Waals surface area contributed by atoms with Crippen LogP contribution in [0.2, 0.25) is 0 Å². The number of aromatic amines is 1. The molecule has 1 N–H and O–H groups in total.